The van der Waals surface area contributed by atoms with Crippen molar-refractivity contribution in [3.8, 4) is 0 Å². The van der Waals surface area contributed by atoms with Gasteiger partial charge >= 0.3 is 0 Å². The van der Waals surface area contributed by atoms with Crippen LogP contribution in [0.2, 0.25) is 0 Å². The molecule has 1 saturated heterocycles. The highest BCUT2D eigenvalue weighted by Gasteiger charge is 2.26. The molecule has 2 unspecified atom stereocenters. The van der Waals surface area contributed by atoms with Crippen LogP contribution < -0.4 is 4.89 Å². The van der Waals surface area contributed by atoms with E-state index in [1.165, 1.54) is 70.6 Å². The quantitative estimate of drug-likeness (QED) is 0.186. The van der Waals surface area contributed by atoms with Crippen molar-refractivity contribution in [1.82, 2.24) is 0 Å². The molecule has 1 aliphatic rings. The third kappa shape index (κ3) is 15.7. The molecule has 0 aromatic heterocycles. The summed E-state index contributed by atoms with van der Waals surface area (Å²) in [6.45, 7) is 2.36. The van der Waals surface area contributed by atoms with Crippen molar-refractivity contribution >= 4 is 7.82 Å². The third-order valence-corrected chi connectivity index (χ3v) is 5.41. The maximum atomic E-state index is 10.6. The molecule has 1 rings (SSSR count). The van der Waals surface area contributed by atoms with Crippen molar-refractivity contribution in [2.45, 2.75) is 109 Å². The van der Waals surface area contributed by atoms with Crippen LogP contribution in [0, 0.1) is 0 Å². The van der Waals surface area contributed by atoms with Crippen LogP contribution in [-0.2, 0) is 18.6 Å². The number of phosphoric ester groups is 1. The molecular formula is C21H40O6P-. The van der Waals surface area contributed by atoms with Gasteiger partial charge in [-0.1, -0.05) is 70.4 Å². The normalized spacial score (nSPS) is 22.1. The fraction of sp³-hybridized carbons (Fsp3) is 0.905. The van der Waals surface area contributed by atoms with Gasteiger partial charge in [-0.15, -0.1) is 0 Å². The topological polar surface area (TPSA) is 88.1 Å². The van der Waals surface area contributed by atoms with Gasteiger partial charge in [0.1, 0.15) is 6.10 Å². The second-order valence-electron chi connectivity index (χ2n) is 7.66. The average Bonchev–Trinajstić information content (AvgIpc) is 3.10. The van der Waals surface area contributed by atoms with E-state index in [1.807, 2.05) is 0 Å². The first-order valence-corrected chi connectivity index (χ1v) is 12.6. The SMILES string of the molecule is CCCCCCCC/C=C\CCCCCCC[C@H]1OCC(COP(=O)([O-])O)O1. The number of rotatable bonds is 18. The lowest BCUT2D eigenvalue weighted by molar-refractivity contribution is -0.222. The Hall–Kier alpha value is -0.230. The summed E-state index contributed by atoms with van der Waals surface area (Å²) >= 11 is 0. The van der Waals surface area contributed by atoms with E-state index in [4.69, 9.17) is 14.4 Å². The Morgan fingerprint density at radius 2 is 1.57 bits per heavy atom. The van der Waals surface area contributed by atoms with Crippen molar-refractivity contribution in [3.05, 3.63) is 12.2 Å². The van der Waals surface area contributed by atoms with E-state index in [9.17, 15) is 9.46 Å². The van der Waals surface area contributed by atoms with Crippen molar-refractivity contribution in [2.75, 3.05) is 13.2 Å². The van der Waals surface area contributed by atoms with Crippen molar-refractivity contribution in [2.24, 2.45) is 0 Å². The van der Waals surface area contributed by atoms with Gasteiger partial charge in [0.2, 0.25) is 0 Å². The largest absolute Gasteiger partial charge is 0.756 e. The van der Waals surface area contributed by atoms with Crippen molar-refractivity contribution in [1.29, 1.82) is 0 Å². The standard InChI is InChI=1S/C21H41O6P/c1-2-3-4-5-6-7-8-9-10-11-12-13-14-15-16-17-21-25-18-20(27-21)19-26-28(22,23)24/h9-10,20-21H,2-8,11-19H2,1H3,(H2,22,23,24)/p-1/b10-9-/t20?,21-/m0/s1. The summed E-state index contributed by atoms with van der Waals surface area (Å²) < 4.78 is 25.9. The molecule has 1 N–H and O–H groups in total. The van der Waals surface area contributed by atoms with E-state index in [2.05, 4.69) is 23.6 Å². The van der Waals surface area contributed by atoms with E-state index >= 15 is 0 Å². The first-order valence-electron chi connectivity index (χ1n) is 11.1. The molecule has 0 aromatic rings. The molecule has 1 heterocycles. The van der Waals surface area contributed by atoms with Gasteiger partial charge in [-0.3, -0.25) is 4.57 Å². The van der Waals surface area contributed by atoms with E-state index in [0.717, 1.165) is 19.3 Å². The maximum absolute atomic E-state index is 10.6. The molecule has 7 heteroatoms. The smallest absolute Gasteiger partial charge is 0.265 e. The number of allylic oxidation sites excluding steroid dienone is 2. The van der Waals surface area contributed by atoms with E-state index < -0.39 is 13.9 Å². The fourth-order valence-electron chi connectivity index (χ4n) is 3.31. The number of unbranched alkanes of at least 4 members (excludes halogenated alkanes) is 11. The van der Waals surface area contributed by atoms with Crippen molar-refractivity contribution in [3.63, 3.8) is 0 Å². The number of hydrogen-bond donors (Lipinski definition) is 1. The molecule has 1 fully saturated rings. The van der Waals surface area contributed by atoms with E-state index in [1.54, 1.807) is 0 Å². The van der Waals surface area contributed by atoms with Gasteiger partial charge in [0.25, 0.3) is 7.82 Å². The summed E-state index contributed by atoms with van der Waals surface area (Å²) in [6.07, 6.45) is 21.2. The zero-order chi connectivity index (χ0) is 20.5. The number of hydrogen-bond acceptors (Lipinski definition) is 5. The lowest BCUT2D eigenvalue weighted by Crippen LogP contribution is -2.20. The second-order valence-corrected chi connectivity index (χ2v) is 8.85. The summed E-state index contributed by atoms with van der Waals surface area (Å²) in [5, 5.41) is 0. The van der Waals surface area contributed by atoms with Gasteiger partial charge in [-0.25, -0.2) is 0 Å². The van der Waals surface area contributed by atoms with Crippen LogP contribution in [0.15, 0.2) is 12.2 Å². The van der Waals surface area contributed by atoms with Crippen LogP contribution in [0.25, 0.3) is 0 Å². The Kier molecular flexibility index (Phi) is 15.3. The Morgan fingerprint density at radius 1 is 1.00 bits per heavy atom. The lowest BCUT2D eigenvalue weighted by atomic mass is 10.1. The molecule has 6 nitrogen and oxygen atoms in total. The molecule has 0 amide bonds. The molecule has 28 heavy (non-hydrogen) atoms. The van der Waals surface area contributed by atoms with E-state index in [-0.39, 0.29) is 12.9 Å². The summed E-state index contributed by atoms with van der Waals surface area (Å²) in [5.41, 5.74) is 0. The molecule has 3 atom stereocenters. The second kappa shape index (κ2) is 16.6. The van der Waals surface area contributed by atoms with Gasteiger partial charge in [-0.05, 0) is 38.5 Å². The van der Waals surface area contributed by atoms with Crippen LogP contribution in [0.4, 0.5) is 0 Å². The van der Waals surface area contributed by atoms with Crippen LogP contribution in [-0.4, -0.2) is 30.5 Å². The zero-order valence-corrected chi connectivity index (χ0v) is 18.5. The molecular weight excluding hydrogens is 379 g/mol. The molecule has 0 aromatic carbocycles. The molecule has 1 aliphatic heterocycles. The predicted molar refractivity (Wildman–Crippen MR) is 110 cm³/mol. The lowest BCUT2D eigenvalue weighted by Gasteiger charge is -2.17. The predicted octanol–water partition coefficient (Wildman–Crippen LogP) is 5.24. The third-order valence-electron chi connectivity index (χ3n) is 4.94. The fourth-order valence-corrected chi connectivity index (χ4v) is 3.66. The zero-order valence-electron chi connectivity index (χ0n) is 17.6. The highest BCUT2D eigenvalue weighted by atomic mass is 31.2. The molecule has 0 radical (unpaired) electrons. The minimum atomic E-state index is -4.68. The molecule has 0 aliphatic carbocycles. The van der Waals surface area contributed by atoms with Crippen LogP contribution in [0.1, 0.15) is 96.8 Å². The van der Waals surface area contributed by atoms with Crippen molar-refractivity contribution < 1.29 is 28.3 Å². The minimum absolute atomic E-state index is 0.194. The highest BCUT2D eigenvalue weighted by Crippen LogP contribution is 2.31. The Bertz CT molecular complexity index is 437. The minimum Gasteiger partial charge on any atom is -0.756 e. The molecule has 0 bridgehead atoms. The average molecular weight is 420 g/mol. The van der Waals surface area contributed by atoms with E-state index in [0.29, 0.717) is 6.61 Å². The monoisotopic (exact) mass is 419 g/mol. The Balaban J connectivity index is 1.83. The summed E-state index contributed by atoms with van der Waals surface area (Å²) in [5.74, 6) is 0. The maximum Gasteiger partial charge on any atom is 0.265 e. The highest BCUT2D eigenvalue weighted by molar-refractivity contribution is 7.44. The summed E-state index contributed by atoms with van der Waals surface area (Å²) in [7, 11) is -4.68. The summed E-state index contributed by atoms with van der Waals surface area (Å²) in [6, 6.07) is 0. The van der Waals surface area contributed by atoms with Gasteiger partial charge in [0, 0.05) is 0 Å². The van der Waals surface area contributed by atoms with Crippen LogP contribution >= 0.6 is 7.82 Å². The van der Waals surface area contributed by atoms with Crippen LogP contribution in [0.5, 0.6) is 0 Å². The van der Waals surface area contributed by atoms with Crippen LogP contribution in [0.3, 0.4) is 0 Å². The molecule has 0 spiro atoms. The van der Waals surface area contributed by atoms with Gasteiger partial charge in [-0.2, -0.15) is 0 Å². The number of phosphoric acid groups is 1. The Labute approximate surface area is 171 Å². The van der Waals surface area contributed by atoms with Gasteiger partial charge < -0.3 is 23.8 Å². The number of ether oxygens (including phenoxy) is 2. The molecule has 166 valence electrons. The molecule has 0 saturated carbocycles. The van der Waals surface area contributed by atoms with Gasteiger partial charge in [0.05, 0.1) is 13.2 Å². The van der Waals surface area contributed by atoms with Gasteiger partial charge in [0.15, 0.2) is 6.29 Å². The Morgan fingerprint density at radius 3 is 2.18 bits per heavy atom. The first kappa shape index (κ1) is 25.8. The first-order chi connectivity index (χ1) is 13.5. The summed E-state index contributed by atoms with van der Waals surface area (Å²) in [4.78, 5) is 19.1.